The molecule has 2 aromatic rings. The number of alkyl carbamates (subject to hydrolysis) is 1. The van der Waals surface area contributed by atoms with Crippen LogP contribution < -0.4 is 15.4 Å². The first kappa shape index (κ1) is 38.4. The number of hydrogen-bond donors (Lipinski definition) is 3. The monoisotopic (exact) mass is 781 g/mol. The van der Waals surface area contributed by atoms with Gasteiger partial charge in [0.2, 0.25) is 21.8 Å². The Morgan fingerprint density at radius 1 is 0.964 bits per heavy atom. The quantitative estimate of drug-likeness (QED) is 0.241. The zero-order chi connectivity index (χ0) is 39.3. The van der Waals surface area contributed by atoms with E-state index < -0.39 is 86.0 Å². The van der Waals surface area contributed by atoms with E-state index in [1.54, 1.807) is 32.9 Å². The third-order valence-electron chi connectivity index (χ3n) is 10.6. The van der Waals surface area contributed by atoms with Crippen LogP contribution in [0.4, 0.5) is 13.6 Å². The molecule has 2 saturated carbocycles. The number of fused-ring (bicyclic) bond motifs is 5. The average Bonchev–Trinajstić information content (AvgIpc) is 4.01. The van der Waals surface area contributed by atoms with Crippen molar-refractivity contribution >= 4 is 39.5 Å². The van der Waals surface area contributed by atoms with E-state index in [9.17, 15) is 36.4 Å². The summed E-state index contributed by atoms with van der Waals surface area (Å²) in [5, 5.41) is 9.17. The molecule has 7 rings (SSSR count). The van der Waals surface area contributed by atoms with E-state index in [4.69, 9.17) is 9.57 Å². The number of allylic oxidation sites excluding steroid dienone is 1. The number of oxime groups is 1. The summed E-state index contributed by atoms with van der Waals surface area (Å²) in [6.45, 7) is 4.92. The summed E-state index contributed by atoms with van der Waals surface area (Å²) in [4.78, 5) is 62.7. The molecule has 5 aliphatic rings. The lowest BCUT2D eigenvalue weighted by Crippen LogP contribution is -2.58. The molecule has 0 unspecified atom stereocenters. The van der Waals surface area contributed by atoms with Gasteiger partial charge in [-0.1, -0.05) is 42.3 Å². The summed E-state index contributed by atoms with van der Waals surface area (Å²) >= 11 is 0. The van der Waals surface area contributed by atoms with Crippen LogP contribution in [0.25, 0.3) is 11.1 Å². The van der Waals surface area contributed by atoms with E-state index in [2.05, 4.69) is 20.5 Å². The minimum Gasteiger partial charge on any atom is -0.444 e. The highest BCUT2D eigenvalue weighted by Gasteiger charge is 2.62. The van der Waals surface area contributed by atoms with Crippen LogP contribution >= 0.6 is 0 Å². The van der Waals surface area contributed by atoms with Crippen molar-refractivity contribution in [3.05, 3.63) is 71.3 Å². The van der Waals surface area contributed by atoms with Crippen molar-refractivity contribution in [2.24, 2.45) is 11.1 Å². The molecule has 5 atom stereocenters. The largest absolute Gasteiger partial charge is 0.444 e. The molecule has 2 aliphatic heterocycles. The van der Waals surface area contributed by atoms with Crippen LogP contribution in [0.5, 0.6) is 0 Å². The Morgan fingerprint density at radius 3 is 2.27 bits per heavy atom. The molecule has 0 bridgehead atoms. The predicted molar refractivity (Wildman–Crippen MR) is 197 cm³/mol. The third kappa shape index (κ3) is 8.24. The van der Waals surface area contributed by atoms with Gasteiger partial charge < -0.3 is 25.1 Å². The van der Waals surface area contributed by atoms with Crippen molar-refractivity contribution in [3.8, 4) is 11.1 Å². The molecule has 2 aromatic carbocycles. The normalized spacial score (nSPS) is 27.2. The minimum atomic E-state index is -3.93. The van der Waals surface area contributed by atoms with E-state index in [-0.39, 0.29) is 31.5 Å². The maximum absolute atomic E-state index is 14.5. The second kappa shape index (κ2) is 14.7. The van der Waals surface area contributed by atoms with Crippen molar-refractivity contribution in [1.29, 1.82) is 0 Å². The number of nitrogens with zero attached hydrogens (tertiary/aromatic N) is 2. The van der Waals surface area contributed by atoms with Gasteiger partial charge in [0.05, 0.1) is 11.8 Å². The zero-order valence-corrected chi connectivity index (χ0v) is 31.7. The minimum absolute atomic E-state index is 0.0991. The van der Waals surface area contributed by atoms with Gasteiger partial charge in [0.25, 0.3) is 5.91 Å². The highest BCUT2D eigenvalue weighted by molar-refractivity contribution is 7.91. The number of carbonyl (C=O) groups is 4. The van der Waals surface area contributed by atoms with Gasteiger partial charge in [0.1, 0.15) is 46.7 Å². The molecule has 4 amide bonds. The fraction of sp³-hybridized carbons (Fsp3) is 0.513. The van der Waals surface area contributed by atoms with Gasteiger partial charge in [-0.2, -0.15) is 0 Å². The molecule has 0 aromatic heterocycles. The van der Waals surface area contributed by atoms with Crippen LogP contribution in [0.3, 0.4) is 0 Å². The second-order valence-corrected chi connectivity index (χ2v) is 18.0. The molecular weight excluding hydrogens is 737 g/mol. The molecule has 2 heterocycles. The highest BCUT2D eigenvalue weighted by Crippen LogP contribution is 2.46. The number of ether oxygens (including phenoxy) is 1. The lowest BCUT2D eigenvalue weighted by Gasteiger charge is -2.30. The molecule has 3 N–H and O–H groups in total. The topological polar surface area (TPSA) is 173 Å². The van der Waals surface area contributed by atoms with Crippen LogP contribution in [0, 0.1) is 17.6 Å². The maximum Gasteiger partial charge on any atom is 0.408 e. The first-order chi connectivity index (χ1) is 26.0. The number of benzene rings is 2. The molecule has 16 heteroatoms. The first-order valence-corrected chi connectivity index (χ1v) is 20.3. The molecule has 0 spiro atoms. The lowest BCUT2D eigenvalue weighted by atomic mass is 10.0. The Labute approximate surface area is 318 Å². The zero-order valence-electron chi connectivity index (χ0n) is 30.9. The Balaban J connectivity index is 1.20. The second-order valence-electron chi connectivity index (χ2n) is 16.0. The van der Waals surface area contributed by atoms with Crippen LogP contribution in [0.15, 0.2) is 53.7 Å². The molecule has 294 valence electrons. The van der Waals surface area contributed by atoms with Crippen molar-refractivity contribution in [2.45, 2.75) is 113 Å². The standard InChI is InChI=1S/C39H45F2N5O8S/c1-38(2,3)53-37(50)42-31-10-8-6-4-5-7-9-22-20-39(22,36(49)45-55(51,52)26-13-14-26)43-34(47)32-19-25(21-46(32)35(31)48)54-44-33-29-17-23(40)11-15-27(29)28-16-12-24(41)18-30(28)33/h7,9,11-12,15-18,22,25-26,31-32H,4-6,8,10,13-14,19-21H2,1-3H3,(H,42,50)(H,43,47)(H,45,49)/b9-7-/t22-,25-,31+,32+,39+/m1/s1. The van der Waals surface area contributed by atoms with Crippen molar-refractivity contribution in [3.63, 3.8) is 0 Å². The van der Waals surface area contributed by atoms with Gasteiger partial charge in [-0.3, -0.25) is 19.1 Å². The van der Waals surface area contributed by atoms with Crippen LogP contribution in [-0.2, 0) is 34.0 Å². The number of hydrogen-bond acceptors (Lipinski definition) is 9. The van der Waals surface area contributed by atoms with Crippen LogP contribution in [0.2, 0.25) is 0 Å². The summed E-state index contributed by atoms with van der Waals surface area (Å²) in [7, 11) is -3.93. The molecule has 0 radical (unpaired) electrons. The summed E-state index contributed by atoms with van der Waals surface area (Å²) in [6.07, 6.45) is 5.89. The lowest BCUT2D eigenvalue weighted by molar-refractivity contribution is -0.141. The highest BCUT2D eigenvalue weighted by atomic mass is 32.2. The predicted octanol–water partition coefficient (Wildman–Crippen LogP) is 4.58. The summed E-state index contributed by atoms with van der Waals surface area (Å²) in [5.74, 6) is -3.69. The van der Waals surface area contributed by atoms with Crippen LogP contribution in [-0.4, -0.2) is 84.0 Å². The number of nitrogens with one attached hydrogen (secondary N) is 3. The molecule has 1 saturated heterocycles. The third-order valence-corrected chi connectivity index (χ3v) is 12.4. The van der Waals surface area contributed by atoms with Gasteiger partial charge in [-0.15, -0.1) is 0 Å². The van der Waals surface area contributed by atoms with Gasteiger partial charge >= 0.3 is 6.09 Å². The van der Waals surface area contributed by atoms with E-state index in [0.29, 0.717) is 54.4 Å². The van der Waals surface area contributed by atoms with Crippen molar-refractivity contribution in [2.75, 3.05) is 6.54 Å². The van der Waals surface area contributed by atoms with E-state index in [0.717, 1.165) is 6.42 Å². The fourth-order valence-electron chi connectivity index (χ4n) is 7.55. The smallest absolute Gasteiger partial charge is 0.408 e. The number of amides is 4. The van der Waals surface area contributed by atoms with E-state index in [1.165, 1.54) is 29.2 Å². The van der Waals surface area contributed by atoms with Crippen LogP contribution in [0.1, 0.15) is 89.7 Å². The number of halogens is 2. The average molecular weight is 782 g/mol. The maximum atomic E-state index is 14.5. The Morgan fingerprint density at radius 2 is 1.64 bits per heavy atom. The first-order valence-electron chi connectivity index (χ1n) is 18.7. The Hall–Kier alpha value is -4.86. The molecule has 55 heavy (non-hydrogen) atoms. The van der Waals surface area contributed by atoms with Gasteiger partial charge in [0.15, 0.2) is 0 Å². The van der Waals surface area contributed by atoms with E-state index >= 15 is 0 Å². The molecule has 3 fully saturated rings. The SMILES string of the molecule is CC(C)(C)OC(=O)N[C@H]1CCCCC/C=C\[C@@H]2C[C@]2(C(=O)NS(=O)(=O)C2CC2)NC(=O)[C@@H]2C[C@@H](ON=C3c4cc(F)ccc4-c4ccc(F)cc43)CN2C1=O. The summed E-state index contributed by atoms with van der Waals surface area (Å²) in [6, 6.07) is 5.96. The number of rotatable bonds is 6. The van der Waals surface area contributed by atoms with Crippen molar-refractivity contribution < 1.29 is 46.0 Å². The summed E-state index contributed by atoms with van der Waals surface area (Å²) < 4.78 is 62.2. The fourth-order valence-corrected chi connectivity index (χ4v) is 8.92. The molecule has 13 nitrogen and oxygen atoms in total. The van der Waals surface area contributed by atoms with Crippen molar-refractivity contribution in [1.82, 2.24) is 20.3 Å². The number of carbonyl (C=O) groups excluding carboxylic acids is 4. The van der Waals surface area contributed by atoms with E-state index in [1.807, 2.05) is 12.2 Å². The van der Waals surface area contributed by atoms with Gasteiger partial charge in [0, 0.05) is 23.5 Å². The Kier molecular flexibility index (Phi) is 10.2. The molecular formula is C39H45F2N5O8S. The number of sulfonamides is 1. The Bertz CT molecular complexity index is 2030. The van der Waals surface area contributed by atoms with Gasteiger partial charge in [-0.05, 0) is 94.7 Å². The van der Waals surface area contributed by atoms with Gasteiger partial charge in [-0.25, -0.2) is 22.0 Å². The summed E-state index contributed by atoms with van der Waals surface area (Å²) in [5.41, 5.74) is -0.222. The molecule has 3 aliphatic carbocycles.